The van der Waals surface area contributed by atoms with Crippen molar-refractivity contribution in [3.63, 3.8) is 0 Å². The normalized spacial score (nSPS) is 12.3. The van der Waals surface area contributed by atoms with Gasteiger partial charge in [0.25, 0.3) is 5.91 Å². The van der Waals surface area contributed by atoms with E-state index in [0.717, 1.165) is 13.0 Å². The molecule has 1 heterocycles. The molecule has 6 nitrogen and oxygen atoms in total. The predicted molar refractivity (Wildman–Crippen MR) is 87.0 cm³/mol. The van der Waals surface area contributed by atoms with E-state index in [0.29, 0.717) is 12.3 Å². The van der Waals surface area contributed by atoms with Gasteiger partial charge in [-0.15, -0.1) is 0 Å². The largest absolute Gasteiger partial charge is 0.392 e. The van der Waals surface area contributed by atoms with Crippen LogP contribution < -0.4 is 5.32 Å². The molecule has 1 aromatic carbocycles. The molecule has 2 N–H and O–H groups in total. The number of carbonyl (C=O) groups excluding carboxylic acids is 1. The average molecular weight is 317 g/mol. The Kier molecular flexibility index (Phi) is 6.31. The molecule has 124 valence electrons. The van der Waals surface area contributed by atoms with E-state index in [-0.39, 0.29) is 18.1 Å². The van der Waals surface area contributed by atoms with Crippen molar-refractivity contribution in [1.29, 1.82) is 0 Å². The van der Waals surface area contributed by atoms with Gasteiger partial charge in [0.1, 0.15) is 0 Å². The average Bonchev–Trinajstić information content (AvgIpc) is 3.00. The van der Waals surface area contributed by atoms with Gasteiger partial charge >= 0.3 is 0 Å². The van der Waals surface area contributed by atoms with E-state index in [4.69, 9.17) is 9.63 Å². The fourth-order valence-electron chi connectivity index (χ4n) is 2.14. The number of hydrogen-bond donors (Lipinski definition) is 2. The Morgan fingerprint density at radius 2 is 2.13 bits per heavy atom. The molecule has 0 unspecified atom stereocenters. The summed E-state index contributed by atoms with van der Waals surface area (Å²) in [4.78, 5) is 13.9. The van der Waals surface area contributed by atoms with Gasteiger partial charge in [0.2, 0.25) is 0 Å². The number of amides is 1. The molecular formula is C17H23N3O3. The van der Waals surface area contributed by atoms with Crippen molar-refractivity contribution in [2.24, 2.45) is 0 Å². The molecule has 2 rings (SSSR count). The number of aliphatic hydroxyl groups excluding tert-OH is 1. The summed E-state index contributed by atoms with van der Waals surface area (Å²) >= 11 is 0. The summed E-state index contributed by atoms with van der Waals surface area (Å²) in [5.74, 6) is 0.301. The molecule has 0 radical (unpaired) electrons. The van der Waals surface area contributed by atoms with E-state index in [1.807, 2.05) is 25.2 Å². The van der Waals surface area contributed by atoms with Crippen LogP contribution in [0.1, 0.15) is 28.7 Å². The highest BCUT2D eigenvalue weighted by atomic mass is 16.5. The van der Waals surface area contributed by atoms with Gasteiger partial charge in [-0.2, -0.15) is 0 Å². The van der Waals surface area contributed by atoms with Crippen molar-refractivity contribution in [2.45, 2.75) is 26.0 Å². The Hall–Kier alpha value is -2.18. The van der Waals surface area contributed by atoms with Gasteiger partial charge in [-0.25, -0.2) is 0 Å². The third kappa shape index (κ3) is 5.84. The zero-order valence-corrected chi connectivity index (χ0v) is 13.5. The summed E-state index contributed by atoms with van der Waals surface area (Å²) in [5.41, 5.74) is 1.52. The maximum atomic E-state index is 11.8. The fourth-order valence-corrected chi connectivity index (χ4v) is 2.14. The van der Waals surface area contributed by atoms with E-state index in [2.05, 4.69) is 27.5 Å². The molecule has 0 fully saturated rings. The molecule has 0 saturated heterocycles. The van der Waals surface area contributed by atoms with Gasteiger partial charge in [-0.1, -0.05) is 35.5 Å². The minimum absolute atomic E-state index is 0.192. The Bertz CT molecular complexity index is 611. The van der Waals surface area contributed by atoms with Gasteiger partial charge < -0.3 is 14.9 Å². The lowest BCUT2D eigenvalue weighted by molar-refractivity contribution is 0.0915. The van der Waals surface area contributed by atoms with Crippen molar-refractivity contribution in [3.05, 3.63) is 53.4 Å². The van der Waals surface area contributed by atoms with Crippen molar-refractivity contribution in [1.82, 2.24) is 15.4 Å². The molecule has 0 spiro atoms. The summed E-state index contributed by atoms with van der Waals surface area (Å²) in [5, 5.41) is 15.5. The molecule has 23 heavy (non-hydrogen) atoms. The van der Waals surface area contributed by atoms with Crippen LogP contribution in [-0.2, 0) is 13.0 Å². The first kappa shape index (κ1) is 17.2. The monoisotopic (exact) mass is 317 g/mol. The number of hydrogen-bond acceptors (Lipinski definition) is 5. The number of likely N-dealkylation sites (N-methyl/N-ethyl adjacent to an activating group) is 1. The Morgan fingerprint density at radius 3 is 2.83 bits per heavy atom. The quantitative estimate of drug-likeness (QED) is 0.770. The lowest BCUT2D eigenvalue weighted by Gasteiger charge is -2.14. The number of aliphatic hydroxyl groups is 1. The van der Waals surface area contributed by atoms with E-state index in [1.54, 1.807) is 13.0 Å². The molecule has 0 bridgehead atoms. The van der Waals surface area contributed by atoms with Crippen molar-refractivity contribution in [2.75, 3.05) is 20.1 Å². The van der Waals surface area contributed by atoms with Crippen LogP contribution in [0.15, 0.2) is 40.9 Å². The van der Waals surface area contributed by atoms with Crippen molar-refractivity contribution < 1.29 is 14.4 Å². The fraction of sp³-hybridized carbons (Fsp3) is 0.412. The summed E-state index contributed by atoms with van der Waals surface area (Å²) in [6.45, 7) is 3.27. The molecule has 1 aromatic heterocycles. The zero-order valence-electron chi connectivity index (χ0n) is 13.5. The van der Waals surface area contributed by atoms with Crippen LogP contribution in [0.4, 0.5) is 0 Å². The second-order valence-electron chi connectivity index (χ2n) is 5.71. The lowest BCUT2D eigenvalue weighted by Crippen LogP contribution is -2.30. The van der Waals surface area contributed by atoms with Gasteiger partial charge in [0.05, 0.1) is 12.6 Å². The molecule has 0 aliphatic heterocycles. The summed E-state index contributed by atoms with van der Waals surface area (Å²) in [6, 6.07) is 11.9. The highest BCUT2D eigenvalue weighted by Crippen LogP contribution is 2.08. The Balaban J connectivity index is 1.80. The summed E-state index contributed by atoms with van der Waals surface area (Å²) < 4.78 is 5.20. The van der Waals surface area contributed by atoms with Crippen molar-refractivity contribution >= 4 is 5.91 Å². The van der Waals surface area contributed by atoms with Gasteiger partial charge in [0.15, 0.2) is 11.5 Å². The summed E-state index contributed by atoms with van der Waals surface area (Å²) in [7, 11) is 2.00. The molecule has 1 amide bonds. The van der Waals surface area contributed by atoms with Crippen LogP contribution in [0.25, 0.3) is 0 Å². The van der Waals surface area contributed by atoms with Gasteiger partial charge in [0, 0.05) is 19.2 Å². The molecule has 2 aromatic rings. The van der Waals surface area contributed by atoms with E-state index in [9.17, 15) is 4.79 Å². The molecule has 0 saturated carbocycles. The first-order chi connectivity index (χ1) is 11.0. The van der Waals surface area contributed by atoms with Crippen LogP contribution in [0.5, 0.6) is 0 Å². The van der Waals surface area contributed by atoms with E-state index >= 15 is 0 Å². The number of nitrogens with zero attached hydrogens (tertiary/aromatic N) is 2. The maximum absolute atomic E-state index is 11.8. The molecule has 0 aliphatic carbocycles. The Labute approximate surface area is 136 Å². The standard InChI is InChI=1S/C17H23N3O3/c1-13(21)11-18-17(22)16-10-15(23-19-16)12-20(2)9-8-14-6-4-3-5-7-14/h3-7,10,13,21H,8-9,11-12H2,1-2H3,(H,18,22)/t13-/m1/s1. The highest BCUT2D eigenvalue weighted by Gasteiger charge is 2.14. The molecule has 6 heteroatoms. The molecule has 0 aliphatic rings. The van der Waals surface area contributed by atoms with Gasteiger partial charge in [-0.3, -0.25) is 9.69 Å². The van der Waals surface area contributed by atoms with Crippen LogP contribution in [-0.4, -0.2) is 47.3 Å². The number of aromatic nitrogens is 1. The van der Waals surface area contributed by atoms with Crippen LogP contribution >= 0.6 is 0 Å². The minimum Gasteiger partial charge on any atom is -0.392 e. The lowest BCUT2D eigenvalue weighted by atomic mass is 10.1. The third-order valence-electron chi connectivity index (χ3n) is 3.40. The second-order valence-corrected chi connectivity index (χ2v) is 5.71. The first-order valence-electron chi connectivity index (χ1n) is 7.69. The zero-order chi connectivity index (χ0) is 16.7. The second kappa shape index (κ2) is 8.45. The third-order valence-corrected chi connectivity index (χ3v) is 3.40. The van der Waals surface area contributed by atoms with E-state index in [1.165, 1.54) is 5.56 Å². The first-order valence-corrected chi connectivity index (χ1v) is 7.69. The van der Waals surface area contributed by atoms with Crippen LogP contribution in [0.2, 0.25) is 0 Å². The van der Waals surface area contributed by atoms with Crippen molar-refractivity contribution in [3.8, 4) is 0 Å². The van der Waals surface area contributed by atoms with Crippen LogP contribution in [0, 0.1) is 0 Å². The number of rotatable bonds is 8. The van der Waals surface area contributed by atoms with Crippen LogP contribution in [0.3, 0.4) is 0 Å². The maximum Gasteiger partial charge on any atom is 0.273 e. The van der Waals surface area contributed by atoms with E-state index < -0.39 is 6.10 Å². The number of nitrogens with one attached hydrogen (secondary N) is 1. The predicted octanol–water partition coefficient (Wildman–Crippen LogP) is 1.46. The molecular weight excluding hydrogens is 294 g/mol. The smallest absolute Gasteiger partial charge is 0.273 e. The minimum atomic E-state index is -0.588. The number of benzene rings is 1. The Morgan fingerprint density at radius 1 is 1.39 bits per heavy atom. The summed E-state index contributed by atoms with van der Waals surface area (Å²) in [6.07, 6.45) is 0.363. The topological polar surface area (TPSA) is 78.6 Å². The van der Waals surface area contributed by atoms with Gasteiger partial charge in [-0.05, 0) is 26.0 Å². The molecule has 1 atom stereocenters. The SMILES string of the molecule is C[C@@H](O)CNC(=O)c1cc(CN(C)CCc2ccccc2)on1. The highest BCUT2D eigenvalue weighted by molar-refractivity contribution is 5.92. The number of carbonyl (C=O) groups is 1.